The second kappa shape index (κ2) is 5.48. The molecule has 100 valence electrons. The number of benzene rings is 1. The van der Waals surface area contributed by atoms with Crippen LogP contribution in [0.5, 0.6) is 0 Å². The lowest BCUT2D eigenvalue weighted by Gasteiger charge is -2.15. The molecule has 0 bridgehead atoms. The van der Waals surface area contributed by atoms with Gasteiger partial charge in [-0.15, -0.1) is 0 Å². The summed E-state index contributed by atoms with van der Waals surface area (Å²) in [4.78, 5) is 13.7. The van der Waals surface area contributed by atoms with Crippen LogP contribution in [0.4, 0.5) is 4.39 Å². The Morgan fingerprint density at radius 2 is 2.21 bits per heavy atom. The van der Waals surface area contributed by atoms with E-state index in [0.717, 1.165) is 0 Å². The molecule has 5 heteroatoms. The fourth-order valence-corrected chi connectivity index (χ4v) is 2.13. The second-order valence-electron chi connectivity index (χ2n) is 4.85. The molecule has 1 amide bonds. The monoisotopic (exact) mass is 278 g/mol. The van der Waals surface area contributed by atoms with E-state index in [9.17, 15) is 9.18 Å². The van der Waals surface area contributed by atoms with Crippen LogP contribution in [0.2, 0.25) is 0 Å². The van der Waals surface area contributed by atoms with Gasteiger partial charge in [-0.25, -0.2) is 4.39 Å². The summed E-state index contributed by atoms with van der Waals surface area (Å²) in [5.74, 6) is -0.165. The van der Waals surface area contributed by atoms with E-state index >= 15 is 0 Å². The normalized spacial score (nSPS) is 17.5. The average Bonchev–Trinajstić information content (AvgIpc) is 2.57. The van der Waals surface area contributed by atoms with E-state index in [1.807, 2.05) is 13.8 Å². The number of carbonyl (C=O) groups excluding carboxylic acids is 1. The molecule has 0 spiro atoms. The predicted octanol–water partition coefficient (Wildman–Crippen LogP) is 2.54. The molecule has 0 atom stereocenters. The van der Waals surface area contributed by atoms with Crippen molar-refractivity contribution >= 4 is 29.3 Å². The highest BCUT2D eigenvalue weighted by atomic mass is 32.1. The lowest BCUT2D eigenvalue weighted by molar-refractivity contribution is -0.122. The maximum Gasteiger partial charge on any atom is 0.276 e. The molecule has 3 nitrogen and oxygen atoms in total. The quantitative estimate of drug-likeness (QED) is 0.681. The molecule has 1 heterocycles. The number of carbonyl (C=O) groups is 1. The molecule has 0 unspecified atom stereocenters. The van der Waals surface area contributed by atoms with Gasteiger partial charge in [0.1, 0.15) is 11.5 Å². The molecule has 0 aromatic heterocycles. The smallest absolute Gasteiger partial charge is 0.276 e. The minimum absolute atomic E-state index is 0.164. The van der Waals surface area contributed by atoms with Crippen LogP contribution in [-0.4, -0.2) is 22.5 Å². The fraction of sp³-hybridized carbons (Fsp3) is 0.286. The summed E-state index contributed by atoms with van der Waals surface area (Å²) in [6, 6.07) is 6.07. The maximum absolute atomic E-state index is 13.1. The predicted molar refractivity (Wildman–Crippen MR) is 76.7 cm³/mol. The van der Waals surface area contributed by atoms with Crippen molar-refractivity contribution in [1.82, 2.24) is 10.2 Å². The Morgan fingerprint density at radius 1 is 1.47 bits per heavy atom. The lowest BCUT2D eigenvalue weighted by atomic mass is 10.2. The van der Waals surface area contributed by atoms with Gasteiger partial charge in [0.25, 0.3) is 5.91 Å². The van der Waals surface area contributed by atoms with Crippen molar-refractivity contribution in [2.24, 2.45) is 5.92 Å². The van der Waals surface area contributed by atoms with Gasteiger partial charge in [-0.2, -0.15) is 0 Å². The standard InChI is InChI=1S/C14H15FN2OS/c1-9(2)8-17-13(18)12(16-14(17)19)7-10-4-3-5-11(15)6-10/h3-7,9H,8H2,1-2H3,(H,16,19)/b12-7+. The zero-order chi connectivity index (χ0) is 14.0. The number of halogens is 1. The number of hydrogen-bond donors (Lipinski definition) is 1. The Kier molecular flexibility index (Phi) is 3.95. The summed E-state index contributed by atoms with van der Waals surface area (Å²) in [6.07, 6.45) is 1.61. The lowest BCUT2D eigenvalue weighted by Crippen LogP contribution is -2.33. The van der Waals surface area contributed by atoms with Crippen LogP contribution in [0.15, 0.2) is 30.0 Å². The summed E-state index contributed by atoms with van der Waals surface area (Å²) in [6.45, 7) is 4.61. The van der Waals surface area contributed by atoms with E-state index in [1.54, 1.807) is 18.2 Å². The van der Waals surface area contributed by atoms with Crippen molar-refractivity contribution in [3.05, 3.63) is 41.3 Å². The SMILES string of the molecule is CC(C)CN1C(=O)/C(=C\c2cccc(F)c2)NC1=S. The van der Waals surface area contributed by atoms with E-state index in [0.29, 0.717) is 28.8 Å². The third kappa shape index (κ3) is 3.17. The van der Waals surface area contributed by atoms with Crippen LogP contribution in [0.25, 0.3) is 6.08 Å². The summed E-state index contributed by atoms with van der Waals surface area (Å²) in [7, 11) is 0. The highest BCUT2D eigenvalue weighted by Gasteiger charge is 2.30. The first-order valence-corrected chi connectivity index (χ1v) is 6.48. The van der Waals surface area contributed by atoms with E-state index in [4.69, 9.17) is 12.2 Å². The van der Waals surface area contributed by atoms with Gasteiger partial charge < -0.3 is 5.32 Å². The van der Waals surface area contributed by atoms with Gasteiger partial charge in [-0.1, -0.05) is 26.0 Å². The Bertz CT molecular complexity index is 554. The van der Waals surface area contributed by atoms with Crippen molar-refractivity contribution in [3.8, 4) is 0 Å². The Morgan fingerprint density at radius 3 is 2.84 bits per heavy atom. The number of nitrogens with zero attached hydrogens (tertiary/aromatic N) is 1. The summed E-state index contributed by atoms with van der Waals surface area (Å²) < 4.78 is 13.1. The van der Waals surface area contributed by atoms with Crippen LogP contribution in [-0.2, 0) is 4.79 Å². The van der Waals surface area contributed by atoms with Gasteiger partial charge in [-0.3, -0.25) is 9.69 Å². The Balaban J connectivity index is 2.23. The third-order valence-electron chi connectivity index (χ3n) is 2.67. The molecular formula is C14H15FN2OS. The molecule has 1 N–H and O–H groups in total. The molecule has 2 rings (SSSR count). The zero-order valence-electron chi connectivity index (χ0n) is 10.8. The van der Waals surface area contributed by atoms with Crippen LogP contribution in [0.1, 0.15) is 19.4 Å². The highest BCUT2D eigenvalue weighted by molar-refractivity contribution is 7.80. The fourth-order valence-electron chi connectivity index (χ4n) is 1.87. The molecule has 1 aliphatic rings. The third-order valence-corrected chi connectivity index (χ3v) is 2.99. The molecule has 1 saturated heterocycles. The zero-order valence-corrected chi connectivity index (χ0v) is 11.6. The van der Waals surface area contributed by atoms with Crippen LogP contribution < -0.4 is 5.32 Å². The summed E-state index contributed by atoms with van der Waals surface area (Å²) >= 11 is 5.13. The van der Waals surface area contributed by atoms with Gasteiger partial charge in [0, 0.05) is 6.54 Å². The van der Waals surface area contributed by atoms with Gasteiger partial charge in [-0.05, 0) is 41.9 Å². The number of hydrogen-bond acceptors (Lipinski definition) is 2. The highest BCUT2D eigenvalue weighted by Crippen LogP contribution is 2.16. The van der Waals surface area contributed by atoms with Crippen LogP contribution >= 0.6 is 12.2 Å². The molecule has 1 aromatic rings. The van der Waals surface area contributed by atoms with Crippen molar-refractivity contribution in [1.29, 1.82) is 0 Å². The Labute approximate surface area is 117 Å². The van der Waals surface area contributed by atoms with Crippen molar-refractivity contribution in [2.75, 3.05) is 6.54 Å². The first kappa shape index (κ1) is 13.7. The first-order chi connectivity index (χ1) is 8.97. The van der Waals surface area contributed by atoms with E-state index < -0.39 is 0 Å². The summed E-state index contributed by atoms with van der Waals surface area (Å²) in [5.41, 5.74) is 1.02. The topological polar surface area (TPSA) is 32.3 Å². The summed E-state index contributed by atoms with van der Waals surface area (Å²) in [5, 5.41) is 3.28. The van der Waals surface area contributed by atoms with E-state index in [2.05, 4.69) is 5.32 Å². The minimum Gasteiger partial charge on any atom is -0.328 e. The number of thiocarbonyl (C=S) groups is 1. The second-order valence-corrected chi connectivity index (χ2v) is 5.24. The van der Waals surface area contributed by atoms with Crippen molar-refractivity contribution < 1.29 is 9.18 Å². The number of rotatable bonds is 3. The van der Waals surface area contributed by atoms with Gasteiger partial charge in [0.15, 0.2) is 5.11 Å². The van der Waals surface area contributed by atoms with Gasteiger partial charge >= 0.3 is 0 Å². The molecule has 1 fully saturated rings. The van der Waals surface area contributed by atoms with E-state index in [-0.39, 0.29) is 11.7 Å². The molecular weight excluding hydrogens is 263 g/mol. The molecule has 1 aliphatic heterocycles. The van der Waals surface area contributed by atoms with Crippen molar-refractivity contribution in [3.63, 3.8) is 0 Å². The number of amides is 1. The maximum atomic E-state index is 13.1. The number of nitrogens with one attached hydrogen (secondary N) is 1. The molecule has 1 aromatic carbocycles. The average molecular weight is 278 g/mol. The molecule has 19 heavy (non-hydrogen) atoms. The minimum atomic E-state index is -0.332. The van der Waals surface area contributed by atoms with E-state index in [1.165, 1.54) is 17.0 Å². The molecule has 0 aliphatic carbocycles. The largest absolute Gasteiger partial charge is 0.328 e. The molecule has 0 radical (unpaired) electrons. The van der Waals surface area contributed by atoms with Crippen molar-refractivity contribution in [2.45, 2.75) is 13.8 Å². The van der Waals surface area contributed by atoms with Gasteiger partial charge in [0.05, 0.1) is 0 Å². The Hall–Kier alpha value is -1.75. The first-order valence-electron chi connectivity index (χ1n) is 6.07. The van der Waals surface area contributed by atoms with Crippen LogP contribution in [0, 0.1) is 11.7 Å². The van der Waals surface area contributed by atoms with Crippen LogP contribution in [0.3, 0.4) is 0 Å². The molecule has 0 saturated carbocycles. The van der Waals surface area contributed by atoms with Gasteiger partial charge in [0.2, 0.25) is 0 Å².